The monoisotopic (exact) mass is 233 g/mol. The Morgan fingerprint density at radius 3 is 3.18 bits per heavy atom. The van der Waals surface area contributed by atoms with Crippen LogP contribution in [0.2, 0.25) is 0 Å². The van der Waals surface area contributed by atoms with E-state index in [9.17, 15) is 4.79 Å². The van der Waals surface area contributed by atoms with Crippen molar-refractivity contribution >= 4 is 17.4 Å². The van der Waals surface area contributed by atoms with Crippen molar-refractivity contribution < 1.29 is 9.53 Å². The standard InChI is InChI=1S/C12H15N3O2/c1-9(16)15-10-3-2-4-11(7-10)17-8-12-13-5-6-14-12/h2-4,7H,5-6,8H2,1H3,(H,13,14)(H,15,16). The molecule has 5 heteroatoms. The Bertz CT molecular complexity index is 443. The van der Waals surface area contributed by atoms with Gasteiger partial charge in [-0.1, -0.05) is 6.07 Å². The predicted octanol–water partition coefficient (Wildman–Crippen LogP) is 1.03. The highest BCUT2D eigenvalue weighted by atomic mass is 16.5. The molecule has 0 fully saturated rings. The van der Waals surface area contributed by atoms with E-state index in [1.807, 2.05) is 18.2 Å². The van der Waals surface area contributed by atoms with E-state index in [-0.39, 0.29) is 5.91 Å². The van der Waals surface area contributed by atoms with Crippen molar-refractivity contribution in [2.75, 3.05) is 25.0 Å². The van der Waals surface area contributed by atoms with Gasteiger partial charge >= 0.3 is 0 Å². The second-order valence-corrected chi connectivity index (χ2v) is 3.75. The smallest absolute Gasteiger partial charge is 0.221 e. The zero-order chi connectivity index (χ0) is 12.1. The van der Waals surface area contributed by atoms with E-state index in [0.717, 1.165) is 24.6 Å². The Kier molecular flexibility index (Phi) is 3.59. The lowest BCUT2D eigenvalue weighted by molar-refractivity contribution is -0.114. The number of carbonyl (C=O) groups is 1. The van der Waals surface area contributed by atoms with E-state index < -0.39 is 0 Å². The molecule has 0 atom stereocenters. The van der Waals surface area contributed by atoms with Gasteiger partial charge < -0.3 is 15.4 Å². The second kappa shape index (κ2) is 5.34. The van der Waals surface area contributed by atoms with Gasteiger partial charge in [-0.15, -0.1) is 0 Å². The molecule has 17 heavy (non-hydrogen) atoms. The summed E-state index contributed by atoms with van der Waals surface area (Å²) in [5, 5.41) is 5.84. The molecule has 1 heterocycles. The molecule has 1 aromatic carbocycles. The van der Waals surface area contributed by atoms with E-state index in [1.165, 1.54) is 6.92 Å². The average Bonchev–Trinajstić information content (AvgIpc) is 2.79. The number of benzene rings is 1. The Labute approximate surface area is 99.9 Å². The molecule has 2 rings (SSSR count). The summed E-state index contributed by atoms with van der Waals surface area (Å²) in [5.74, 6) is 1.49. The van der Waals surface area contributed by atoms with Crippen LogP contribution in [0.25, 0.3) is 0 Å². The van der Waals surface area contributed by atoms with Crippen LogP contribution < -0.4 is 15.4 Å². The maximum absolute atomic E-state index is 10.9. The zero-order valence-corrected chi connectivity index (χ0v) is 9.69. The van der Waals surface area contributed by atoms with Crippen LogP contribution in [0.5, 0.6) is 5.75 Å². The molecule has 0 saturated heterocycles. The number of nitrogens with zero attached hydrogens (tertiary/aromatic N) is 1. The highest BCUT2D eigenvalue weighted by Crippen LogP contribution is 2.17. The lowest BCUT2D eigenvalue weighted by atomic mass is 10.3. The molecule has 0 aromatic heterocycles. The second-order valence-electron chi connectivity index (χ2n) is 3.75. The normalized spacial score (nSPS) is 13.8. The molecule has 0 aliphatic carbocycles. The molecule has 2 N–H and O–H groups in total. The molecule has 1 amide bonds. The summed E-state index contributed by atoms with van der Waals surface area (Å²) in [6.45, 7) is 3.60. The van der Waals surface area contributed by atoms with Gasteiger partial charge in [-0.25, -0.2) is 0 Å². The minimum absolute atomic E-state index is 0.0935. The number of nitrogens with one attached hydrogen (secondary N) is 2. The lowest BCUT2D eigenvalue weighted by Gasteiger charge is -2.08. The predicted molar refractivity (Wildman–Crippen MR) is 66.5 cm³/mol. The molecule has 0 spiro atoms. The molecule has 0 saturated carbocycles. The number of carbonyl (C=O) groups excluding carboxylic acids is 1. The van der Waals surface area contributed by atoms with E-state index in [2.05, 4.69) is 15.6 Å². The first-order chi connectivity index (χ1) is 8.24. The fraction of sp³-hybridized carbons (Fsp3) is 0.333. The van der Waals surface area contributed by atoms with Crippen molar-refractivity contribution in [2.24, 2.45) is 4.99 Å². The number of hydrogen-bond acceptors (Lipinski definition) is 4. The molecular weight excluding hydrogens is 218 g/mol. The van der Waals surface area contributed by atoms with Gasteiger partial charge in [0.15, 0.2) is 0 Å². The summed E-state index contributed by atoms with van der Waals surface area (Å²) in [5.41, 5.74) is 0.733. The number of rotatable bonds is 4. The van der Waals surface area contributed by atoms with Crippen LogP contribution in [-0.2, 0) is 4.79 Å². The van der Waals surface area contributed by atoms with Crippen molar-refractivity contribution in [3.63, 3.8) is 0 Å². The molecular formula is C12H15N3O2. The summed E-state index contributed by atoms with van der Waals surface area (Å²) in [6.07, 6.45) is 0. The zero-order valence-electron chi connectivity index (χ0n) is 9.69. The Balaban J connectivity index is 1.93. The fourth-order valence-electron chi connectivity index (χ4n) is 1.56. The van der Waals surface area contributed by atoms with Crippen molar-refractivity contribution in [1.29, 1.82) is 0 Å². The van der Waals surface area contributed by atoms with Crippen LogP contribution in [0.1, 0.15) is 6.92 Å². The third kappa shape index (κ3) is 3.48. The topological polar surface area (TPSA) is 62.7 Å². The minimum atomic E-state index is -0.0935. The maximum atomic E-state index is 10.9. The first-order valence-corrected chi connectivity index (χ1v) is 5.52. The lowest BCUT2D eigenvalue weighted by Crippen LogP contribution is -2.24. The van der Waals surface area contributed by atoms with Crippen LogP contribution in [0.15, 0.2) is 29.3 Å². The van der Waals surface area contributed by atoms with Gasteiger partial charge in [-0.2, -0.15) is 0 Å². The summed E-state index contributed by atoms with van der Waals surface area (Å²) in [6, 6.07) is 7.29. The number of amidine groups is 1. The van der Waals surface area contributed by atoms with Gasteiger partial charge in [0, 0.05) is 25.2 Å². The van der Waals surface area contributed by atoms with Crippen LogP contribution in [0.4, 0.5) is 5.69 Å². The largest absolute Gasteiger partial charge is 0.486 e. The molecule has 0 bridgehead atoms. The van der Waals surface area contributed by atoms with E-state index in [0.29, 0.717) is 12.4 Å². The summed E-state index contributed by atoms with van der Waals surface area (Å²) in [4.78, 5) is 15.1. The highest BCUT2D eigenvalue weighted by Gasteiger charge is 2.05. The average molecular weight is 233 g/mol. The van der Waals surface area contributed by atoms with E-state index in [4.69, 9.17) is 4.74 Å². The SMILES string of the molecule is CC(=O)Nc1cccc(OCC2=NCCN2)c1. The quantitative estimate of drug-likeness (QED) is 0.816. The molecule has 5 nitrogen and oxygen atoms in total. The van der Waals surface area contributed by atoms with Gasteiger partial charge in [-0.05, 0) is 12.1 Å². The van der Waals surface area contributed by atoms with Crippen molar-refractivity contribution in [3.8, 4) is 5.75 Å². The minimum Gasteiger partial charge on any atom is -0.486 e. The van der Waals surface area contributed by atoms with Gasteiger partial charge in [0.25, 0.3) is 0 Å². The number of amides is 1. The third-order valence-electron chi connectivity index (χ3n) is 2.27. The van der Waals surface area contributed by atoms with Gasteiger partial charge in [0.1, 0.15) is 18.2 Å². The summed E-state index contributed by atoms with van der Waals surface area (Å²) >= 11 is 0. The van der Waals surface area contributed by atoms with Gasteiger partial charge in [-0.3, -0.25) is 9.79 Å². The molecule has 0 unspecified atom stereocenters. The van der Waals surface area contributed by atoms with Gasteiger partial charge in [0.05, 0.1) is 6.54 Å². The van der Waals surface area contributed by atoms with Crippen molar-refractivity contribution in [3.05, 3.63) is 24.3 Å². The van der Waals surface area contributed by atoms with E-state index >= 15 is 0 Å². The molecule has 90 valence electrons. The number of hydrogen-bond donors (Lipinski definition) is 2. The van der Waals surface area contributed by atoms with Crippen LogP contribution >= 0.6 is 0 Å². The summed E-state index contributed by atoms with van der Waals surface area (Å²) < 4.78 is 5.57. The van der Waals surface area contributed by atoms with Crippen LogP contribution in [-0.4, -0.2) is 31.4 Å². The number of aliphatic imine (C=N–C) groups is 1. The maximum Gasteiger partial charge on any atom is 0.221 e. The first kappa shape index (κ1) is 11.4. The van der Waals surface area contributed by atoms with Crippen LogP contribution in [0, 0.1) is 0 Å². The van der Waals surface area contributed by atoms with Crippen molar-refractivity contribution in [1.82, 2.24) is 5.32 Å². The van der Waals surface area contributed by atoms with Crippen molar-refractivity contribution in [2.45, 2.75) is 6.92 Å². The number of ether oxygens (including phenoxy) is 1. The van der Waals surface area contributed by atoms with Crippen LogP contribution in [0.3, 0.4) is 0 Å². The van der Waals surface area contributed by atoms with Gasteiger partial charge in [0.2, 0.25) is 5.91 Å². The molecule has 1 aliphatic heterocycles. The Morgan fingerprint density at radius 2 is 2.47 bits per heavy atom. The number of anilines is 1. The summed E-state index contributed by atoms with van der Waals surface area (Å²) in [7, 11) is 0. The Hall–Kier alpha value is -2.04. The first-order valence-electron chi connectivity index (χ1n) is 5.52. The molecule has 0 radical (unpaired) electrons. The highest BCUT2D eigenvalue weighted by molar-refractivity contribution is 5.89. The van der Waals surface area contributed by atoms with E-state index in [1.54, 1.807) is 6.07 Å². The molecule has 1 aromatic rings. The third-order valence-corrected chi connectivity index (χ3v) is 2.27. The molecule has 1 aliphatic rings. The Morgan fingerprint density at radius 1 is 1.59 bits per heavy atom. The fourth-order valence-corrected chi connectivity index (χ4v) is 1.56.